The minimum atomic E-state index is -0.105. The van der Waals surface area contributed by atoms with E-state index in [1.165, 1.54) is 0 Å². The number of hydrogen-bond donors (Lipinski definition) is 2. The van der Waals surface area contributed by atoms with Gasteiger partial charge in [0.2, 0.25) is 0 Å². The summed E-state index contributed by atoms with van der Waals surface area (Å²) in [6, 6.07) is 10.1. The van der Waals surface area contributed by atoms with Crippen molar-refractivity contribution in [1.82, 2.24) is 25.4 Å². The van der Waals surface area contributed by atoms with Crippen LogP contribution in [0.15, 0.2) is 30.3 Å². The van der Waals surface area contributed by atoms with Crippen LogP contribution in [-0.4, -0.2) is 46.6 Å². The van der Waals surface area contributed by atoms with Gasteiger partial charge in [0.05, 0.1) is 6.61 Å². The second-order valence-electron chi connectivity index (χ2n) is 6.82. The van der Waals surface area contributed by atoms with E-state index >= 15 is 0 Å². The van der Waals surface area contributed by atoms with E-state index in [4.69, 9.17) is 4.74 Å². The maximum atomic E-state index is 12.0. The Hall–Kier alpha value is -2.41. The molecule has 1 aliphatic rings. The smallest absolute Gasteiger partial charge is 0.315 e. The number of carbonyl (C=O) groups is 1. The standard InChI is InChI=1S/C19H27N5O2/c1-14-13-26-12-10-16(14)21-19(25)20-11-6-9-17-22-23-18(24(17)2)15-7-4-3-5-8-15/h3-5,7-8,14,16H,6,9-13H2,1-2H3,(H2,20,21,25). The Labute approximate surface area is 154 Å². The number of aromatic nitrogens is 3. The van der Waals surface area contributed by atoms with Crippen LogP contribution in [0, 0.1) is 5.92 Å². The van der Waals surface area contributed by atoms with Crippen LogP contribution in [0.4, 0.5) is 4.79 Å². The molecule has 7 nitrogen and oxygen atoms in total. The van der Waals surface area contributed by atoms with Crippen LogP contribution >= 0.6 is 0 Å². The Bertz CT molecular complexity index is 716. The predicted octanol–water partition coefficient (Wildman–Crippen LogP) is 2.14. The number of carbonyl (C=O) groups excluding carboxylic acids is 1. The molecule has 3 rings (SSSR count). The van der Waals surface area contributed by atoms with E-state index in [-0.39, 0.29) is 12.1 Å². The van der Waals surface area contributed by atoms with E-state index in [1.807, 2.05) is 41.9 Å². The zero-order valence-corrected chi connectivity index (χ0v) is 15.4. The molecule has 0 radical (unpaired) electrons. The van der Waals surface area contributed by atoms with Gasteiger partial charge in [-0.2, -0.15) is 0 Å². The number of nitrogens with zero attached hydrogens (tertiary/aromatic N) is 3. The Morgan fingerprint density at radius 2 is 2.12 bits per heavy atom. The SMILES string of the molecule is CC1COCCC1NC(=O)NCCCc1nnc(-c2ccccc2)n1C. The molecule has 1 saturated heterocycles. The zero-order chi connectivity index (χ0) is 18.4. The molecule has 26 heavy (non-hydrogen) atoms. The minimum Gasteiger partial charge on any atom is -0.381 e. The summed E-state index contributed by atoms with van der Waals surface area (Å²) >= 11 is 0. The molecule has 0 aliphatic carbocycles. The Kier molecular flexibility index (Phi) is 6.22. The van der Waals surface area contributed by atoms with E-state index in [0.29, 0.717) is 25.7 Å². The Balaban J connectivity index is 1.42. The Morgan fingerprint density at radius 1 is 1.31 bits per heavy atom. The molecule has 2 unspecified atom stereocenters. The number of rotatable bonds is 6. The first-order valence-electron chi connectivity index (χ1n) is 9.21. The van der Waals surface area contributed by atoms with Gasteiger partial charge in [-0.1, -0.05) is 37.3 Å². The highest BCUT2D eigenvalue weighted by Crippen LogP contribution is 2.17. The molecule has 2 amide bonds. The van der Waals surface area contributed by atoms with Crippen molar-refractivity contribution in [3.05, 3.63) is 36.2 Å². The highest BCUT2D eigenvalue weighted by atomic mass is 16.5. The lowest BCUT2D eigenvalue weighted by Gasteiger charge is -2.29. The van der Waals surface area contributed by atoms with E-state index in [0.717, 1.165) is 36.5 Å². The van der Waals surface area contributed by atoms with Gasteiger partial charge in [-0.3, -0.25) is 0 Å². The average Bonchev–Trinajstić information content (AvgIpc) is 3.02. The van der Waals surface area contributed by atoms with Crippen LogP contribution in [0.25, 0.3) is 11.4 Å². The molecule has 0 spiro atoms. The number of urea groups is 1. The predicted molar refractivity (Wildman–Crippen MR) is 99.7 cm³/mol. The fourth-order valence-electron chi connectivity index (χ4n) is 3.18. The molecule has 7 heteroatoms. The summed E-state index contributed by atoms with van der Waals surface area (Å²) in [5.74, 6) is 2.13. The second kappa shape index (κ2) is 8.80. The van der Waals surface area contributed by atoms with Gasteiger partial charge in [0, 0.05) is 38.2 Å². The van der Waals surface area contributed by atoms with Crippen molar-refractivity contribution < 1.29 is 9.53 Å². The maximum Gasteiger partial charge on any atom is 0.315 e. The van der Waals surface area contributed by atoms with Crippen LogP contribution in [0.5, 0.6) is 0 Å². The first-order chi connectivity index (χ1) is 12.6. The van der Waals surface area contributed by atoms with Crippen LogP contribution in [0.2, 0.25) is 0 Å². The van der Waals surface area contributed by atoms with E-state index in [2.05, 4.69) is 27.8 Å². The third-order valence-corrected chi connectivity index (χ3v) is 4.82. The Morgan fingerprint density at radius 3 is 2.88 bits per heavy atom. The van der Waals surface area contributed by atoms with Gasteiger partial charge in [-0.05, 0) is 18.8 Å². The van der Waals surface area contributed by atoms with Gasteiger partial charge >= 0.3 is 6.03 Å². The van der Waals surface area contributed by atoms with Crippen molar-refractivity contribution in [2.45, 2.75) is 32.2 Å². The lowest BCUT2D eigenvalue weighted by Crippen LogP contribution is -2.48. The van der Waals surface area contributed by atoms with Crippen molar-refractivity contribution >= 4 is 6.03 Å². The van der Waals surface area contributed by atoms with Crippen molar-refractivity contribution in [2.75, 3.05) is 19.8 Å². The molecular weight excluding hydrogens is 330 g/mol. The number of amides is 2. The van der Waals surface area contributed by atoms with Gasteiger partial charge in [0.15, 0.2) is 5.82 Å². The fourth-order valence-corrected chi connectivity index (χ4v) is 3.18. The van der Waals surface area contributed by atoms with Gasteiger partial charge in [0.1, 0.15) is 5.82 Å². The first-order valence-corrected chi connectivity index (χ1v) is 9.21. The maximum absolute atomic E-state index is 12.0. The van der Waals surface area contributed by atoms with Crippen LogP contribution in [-0.2, 0) is 18.2 Å². The number of hydrogen-bond acceptors (Lipinski definition) is 4. The van der Waals surface area contributed by atoms with Crippen molar-refractivity contribution in [3.8, 4) is 11.4 Å². The van der Waals surface area contributed by atoms with E-state index in [1.54, 1.807) is 0 Å². The average molecular weight is 357 g/mol. The molecule has 140 valence electrons. The molecule has 1 aliphatic heterocycles. The van der Waals surface area contributed by atoms with Crippen molar-refractivity contribution in [3.63, 3.8) is 0 Å². The molecule has 1 aromatic carbocycles. The molecule has 2 N–H and O–H groups in total. The topological polar surface area (TPSA) is 81.1 Å². The summed E-state index contributed by atoms with van der Waals surface area (Å²) in [6.45, 7) is 4.13. The van der Waals surface area contributed by atoms with E-state index in [9.17, 15) is 4.79 Å². The zero-order valence-electron chi connectivity index (χ0n) is 15.4. The third-order valence-electron chi connectivity index (χ3n) is 4.82. The summed E-state index contributed by atoms with van der Waals surface area (Å²) in [7, 11) is 1.98. The normalized spacial score (nSPS) is 19.9. The highest BCUT2D eigenvalue weighted by Gasteiger charge is 2.23. The van der Waals surface area contributed by atoms with Crippen molar-refractivity contribution in [1.29, 1.82) is 0 Å². The van der Waals surface area contributed by atoms with Crippen LogP contribution in [0.1, 0.15) is 25.6 Å². The summed E-state index contributed by atoms with van der Waals surface area (Å²) in [4.78, 5) is 12.0. The van der Waals surface area contributed by atoms with Crippen molar-refractivity contribution in [2.24, 2.45) is 13.0 Å². The minimum absolute atomic E-state index is 0.105. The number of nitrogens with one attached hydrogen (secondary N) is 2. The molecule has 2 aromatic rings. The second-order valence-corrected chi connectivity index (χ2v) is 6.82. The quantitative estimate of drug-likeness (QED) is 0.776. The lowest BCUT2D eigenvalue weighted by molar-refractivity contribution is 0.0419. The number of benzene rings is 1. The molecule has 0 saturated carbocycles. The monoisotopic (exact) mass is 357 g/mol. The fraction of sp³-hybridized carbons (Fsp3) is 0.526. The first kappa shape index (κ1) is 18.4. The number of ether oxygens (including phenoxy) is 1. The van der Waals surface area contributed by atoms with E-state index < -0.39 is 0 Å². The number of aryl methyl sites for hydroxylation is 1. The summed E-state index contributed by atoms with van der Waals surface area (Å²) in [6.07, 6.45) is 2.46. The van der Waals surface area contributed by atoms with Crippen LogP contribution in [0.3, 0.4) is 0 Å². The molecule has 0 bridgehead atoms. The van der Waals surface area contributed by atoms with Crippen LogP contribution < -0.4 is 10.6 Å². The molecule has 2 atom stereocenters. The van der Waals surface area contributed by atoms with Gasteiger partial charge < -0.3 is 19.9 Å². The third kappa shape index (κ3) is 4.60. The largest absolute Gasteiger partial charge is 0.381 e. The summed E-state index contributed by atoms with van der Waals surface area (Å²) in [5.41, 5.74) is 1.05. The molecule has 1 aromatic heterocycles. The molecule has 1 fully saturated rings. The van der Waals surface area contributed by atoms with Gasteiger partial charge in [0.25, 0.3) is 0 Å². The van der Waals surface area contributed by atoms with Gasteiger partial charge in [-0.25, -0.2) is 4.79 Å². The molecular formula is C19H27N5O2. The lowest BCUT2D eigenvalue weighted by atomic mass is 9.98. The van der Waals surface area contributed by atoms with Gasteiger partial charge in [-0.15, -0.1) is 10.2 Å². The highest BCUT2D eigenvalue weighted by molar-refractivity contribution is 5.74. The summed E-state index contributed by atoms with van der Waals surface area (Å²) in [5, 5.41) is 14.5. The summed E-state index contributed by atoms with van der Waals surface area (Å²) < 4.78 is 7.41. The molecule has 2 heterocycles.